The average molecular weight is 202 g/mol. The van der Waals surface area contributed by atoms with Gasteiger partial charge in [-0.2, -0.15) is 0 Å². The first-order chi connectivity index (χ1) is 7.20. The SMILES string of the molecule is CC1=CO[C@@H](c2ccccc2)C(C)C1=O. The van der Waals surface area contributed by atoms with Gasteiger partial charge in [0.2, 0.25) is 0 Å². The highest BCUT2D eigenvalue weighted by Crippen LogP contribution is 2.32. The second kappa shape index (κ2) is 3.89. The summed E-state index contributed by atoms with van der Waals surface area (Å²) in [5, 5.41) is 0. The lowest BCUT2D eigenvalue weighted by Crippen LogP contribution is -2.25. The maximum atomic E-state index is 11.8. The number of hydrogen-bond donors (Lipinski definition) is 0. The third-order valence-electron chi connectivity index (χ3n) is 2.78. The Morgan fingerprint density at radius 1 is 1.20 bits per heavy atom. The number of Topliss-reactive ketones (excluding diaryl/α,β-unsaturated/α-hetero) is 1. The molecule has 15 heavy (non-hydrogen) atoms. The summed E-state index contributed by atoms with van der Waals surface area (Å²) in [6.07, 6.45) is 1.43. The van der Waals surface area contributed by atoms with Crippen LogP contribution in [0.15, 0.2) is 42.2 Å². The first-order valence-corrected chi connectivity index (χ1v) is 5.11. The third kappa shape index (κ3) is 1.80. The van der Waals surface area contributed by atoms with Crippen molar-refractivity contribution >= 4 is 5.78 Å². The van der Waals surface area contributed by atoms with Gasteiger partial charge in [-0.25, -0.2) is 0 Å². The lowest BCUT2D eigenvalue weighted by Gasteiger charge is -2.27. The van der Waals surface area contributed by atoms with Crippen molar-refractivity contribution in [2.75, 3.05) is 0 Å². The highest BCUT2D eigenvalue weighted by molar-refractivity contribution is 5.97. The highest BCUT2D eigenvalue weighted by Gasteiger charge is 2.30. The van der Waals surface area contributed by atoms with Crippen LogP contribution in [0.25, 0.3) is 0 Å². The van der Waals surface area contributed by atoms with Crippen LogP contribution in [0.2, 0.25) is 0 Å². The third-order valence-corrected chi connectivity index (χ3v) is 2.78. The minimum Gasteiger partial charge on any atom is -0.492 e. The van der Waals surface area contributed by atoms with Crippen LogP contribution >= 0.6 is 0 Å². The normalized spacial score (nSPS) is 25.7. The smallest absolute Gasteiger partial charge is 0.168 e. The van der Waals surface area contributed by atoms with Crippen molar-refractivity contribution in [3.63, 3.8) is 0 Å². The molecule has 0 N–H and O–H groups in total. The summed E-state index contributed by atoms with van der Waals surface area (Å²) < 4.78 is 5.58. The Labute approximate surface area is 89.6 Å². The summed E-state index contributed by atoms with van der Waals surface area (Å²) in [7, 11) is 0. The molecule has 0 bridgehead atoms. The average Bonchev–Trinajstić information content (AvgIpc) is 2.27. The zero-order valence-electron chi connectivity index (χ0n) is 8.94. The molecular weight excluding hydrogens is 188 g/mol. The Balaban J connectivity index is 2.30. The standard InChI is InChI=1S/C13H14O2/c1-9-8-15-13(10(2)12(9)14)11-6-4-3-5-7-11/h3-8,10,13H,1-2H3/t10?,13-/m1/s1. The molecule has 2 rings (SSSR count). The summed E-state index contributed by atoms with van der Waals surface area (Å²) in [4.78, 5) is 11.8. The van der Waals surface area contributed by atoms with E-state index in [4.69, 9.17) is 4.74 Å². The Morgan fingerprint density at radius 3 is 2.53 bits per heavy atom. The highest BCUT2D eigenvalue weighted by atomic mass is 16.5. The van der Waals surface area contributed by atoms with Gasteiger partial charge in [0.15, 0.2) is 5.78 Å². The summed E-state index contributed by atoms with van der Waals surface area (Å²) in [6, 6.07) is 9.86. The van der Waals surface area contributed by atoms with Crippen molar-refractivity contribution in [1.82, 2.24) is 0 Å². The maximum absolute atomic E-state index is 11.8. The molecule has 0 fully saturated rings. The van der Waals surface area contributed by atoms with Crippen LogP contribution in [0.5, 0.6) is 0 Å². The predicted octanol–water partition coefficient (Wildman–Crippen LogP) is 2.87. The fourth-order valence-electron chi connectivity index (χ4n) is 1.86. The Kier molecular flexibility index (Phi) is 2.58. The molecule has 0 saturated heterocycles. The number of carbonyl (C=O) groups excluding carboxylic acids is 1. The van der Waals surface area contributed by atoms with Crippen LogP contribution in [-0.4, -0.2) is 5.78 Å². The lowest BCUT2D eigenvalue weighted by atomic mass is 9.89. The molecule has 1 aliphatic rings. The van der Waals surface area contributed by atoms with Crippen LogP contribution in [-0.2, 0) is 9.53 Å². The number of hydrogen-bond acceptors (Lipinski definition) is 2. The number of rotatable bonds is 1. The molecule has 1 aliphatic heterocycles. The van der Waals surface area contributed by atoms with E-state index >= 15 is 0 Å². The minimum atomic E-state index is -0.137. The molecule has 1 heterocycles. The second-order valence-corrected chi connectivity index (χ2v) is 3.92. The van der Waals surface area contributed by atoms with Crippen molar-refractivity contribution in [3.05, 3.63) is 47.7 Å². The first-order valence-electron chi connectivity index (χ1n) is 5.11. The molecule has 0 radical (unpaired) electrons. The van der Waals surface area contributed by atoms with Gasteiger partial charge in [0.05, 0.1) is 12.2 Å². The monoisotopic (exact) mass is 202 g/mol. The quantitative estimate of drug-likeness (QED) is 0.700. The Morgan fingerprint density at radius 2 is 1.87 bits per heavy atom. The molecule has 0 amide bonds. The van der Waals surface area contributed by atoms with E-state index in [2.05, 4.69) is 0 Å². The van der Waals surface area contributed by atoms with E-state index in [1.807, 2.05) is 37.3 Å². The molecule has 0 aromatic heterocycles. The van der Waals surface area contributed by atoms with Crippen LogP contribution in [0, 0.1) is 5.92 Å². The van der Waals surface area contributed by atoms with E-state index in [-0.39, 0.29) is 17.8 Å². The topological polar surface area (TPSA) is 26.3 Å². The summed E-state index contributed by atoms with van der Waals surface area (Å²) in [5.74, 6) is 0.0764. The van der Waals surface area contributed by atoms with Crippen molar-refractivity contribution in [2.45, 2.75) is 20.0 Å². The van der Waals surface area contributed by atoms with E-state index in [1.54, 1.807) is 13.2 Å². The molecule has 1 unspecified atom stereocenters. The van der Waals surface area contributed by atoms with Crippen LogP contribution in [0.1, 0.15) is 25.5 Å². The molecule has 2 atom stereocenters. The van der Waals surface area contributed by atoms with Gasteiger partial charge >= 0.3 is 0 Å². The Bertz CT molecular complexity index is 392. The van der Waals surface area contributed by atoms with Gasteiger partial charge in [-0.15, -0.1) is 0 Å². The van der Waals surface area contributed by atoms with Gasteiger partial charge in [-0.1, -0.05) is 37.3 Å². The maximum Gasteiger partial charge on any atom is 0.168 e. The molecule has 1 aromatic rings. The molecule has 0 spiro atoms. The van der Waals surface area contributed by atoms with E-state index in [0.717, 1.165) is 5.56 Å². The number of allylic oxidation sites excluding steroid dienone is 1. The van der Waals surface area contributed by atoms with Crippen LogP contribution in [0.3, 0.4) is 0 Å². The van der Waals surface area contributed by atoms with Crippen molar-refractivity contribution < 1.29 is 9.53 Å². The minimum absolute atomic E-state index is 0.0996. The Hall–Kier alpha value is -1.57. The van der Waals surface area contributed by atoms with Gasteiger partial charge < -0.3 is 4.74 Å². The number of benzene rings is 1. The predicted molar refractivity (Wildman–Crippen MR) is 58.2 cm³/mol. The molecular formula is C13H14O2. The van der Waals surface area contributed by atoms with Gasteiger partial charge in [-0.3, -0.25) is 4.79 Å². The van der Waals surface area contributed by atoms with E-state index in [0.29, 0.717) is 5.57 Å². The lowest BCUT2D eigenvalue weighted by molar-refractivity contribution is -0.124. The number of carbonyl (C=O) groups is 1. The van der Waals surface area contributed by atoms with Crippen LogP contribution in [0.4, 0.5) is 0 Å². The molecule has 0 saturated carbocycles. The fraction of sp³-hybridized carbons (Fsp3) is 0.308. The zero-order chi connectivity index (χ0) is 10.8. The van der Waals surface area contributed by atoms with E-state index in [1.165, 1.54) is 0 Å². The zero-order valence-corrected chi connectivity index (χ0v) is 8.94. The van der Waals surface area contributed by atoms with Gasteiger partial charge in [0, 0.05) is 5.57 Å². The number of ether oxygens (including phenoxy) is 1. The van der Waals surface area contributed by atoms with Crippen molar-refractivity contribution in [2.24, 2.45) is 5.92 Å². The largest absolute Gasteiger partial charge is 0.492 e. The molecule has 2 nitrogen and oxygen atoms in total. The van der Waals surface area contributed by atoms with Crippen LogP contribution < -0.4 is 0 Å². The van der Waals surface area contributed by atoms with E-state index in [9.17, 15) is 4.79 Å². The fourth-order valence-corrected chi connectivity index (χ4v) is 1.86. The molecule has 78 valence electrons. The molecule has 1 aromatic carbocycles. The molecule has 2 heteroatoms. The second-order valence-electron chi connectivity index (χ2n) is 3.92. The van der Waals surface area contributed by atoms with Crippen molar-refractivity contribution in [3.8, 4) is 0 Å². The van der Waals surface area contributed by atoms with E-state index < -0.39 is 0 Å². The van der Waals surface area contributed by atoms with Crippen molar-refractivity contribution in [1.29, 1.82) is 0 Å². The first kappa shape index (κ1) is 9.97. The molecule has 0 aliphatic carbocycles. The van der Waals surface area contributed by atoms with Gasteiger partial charge in [0.1, 0.15) is 6.10 Å². The van der Waals surface area contributed by atoms with Gasteiger partial charge in [0.25, 0.3) is 0 Å². The summed E-state index contributed by atoms with van der Waals surface area (Å²) in [5.41, 5.74) is 1.76. The van der Waals surface area contributed by atoms with Gasteiger partial charge in [-0.05, 0) is 12.5 Å². The summed E-state index contributed by atoms with van der Waals surface area (Å²) in [6.45, 7) is 3.70. The summed E-state index contributed by atoms with van der Waals surface area (Å²) >= 11 is 0. The number of ketones is 1.